The van der Waals surface area contributed by atoms with Crippen LogP contribution in [0.2, 0.25) is 0 Å². The normalized spacial score (nSPS) is 20.0. The van der Waals surface area contributed by atoms with E-state index < -0.39 is 0 Å². The van der Waals surface area contributed by atoms with Gasteiger partial charge in [-0.05, 0) is 30.7 Å². The van der Waals surface area contributed by atoms with E-state index in [9.17, 15) is 4.79 Å². The number of rotatable bonds is 2. The zero-order chi connectivity index (χ0) is 14.2. The monoisotopic (exact) mass is 285 g/mol. The second-order valence-corrected chi connectivity index (χ2v) is 5.32. The predicted octanol–water partition coefficient (Wildman–Crippen LogP) is 1.77. The number of nitrogens with zero attached hydrogens (tertiary/aromatic N) is 2. The molecule has 1 unspecified atom stereocenters. The van der Waals surface area contributed by atoms with E-state index in [1.165, 1.54) is 0 Å². The van der Waals surface area contributed by atoms with Crippen LogP contribution in [-0.4, -0.2) is 40.9 Å². The Morgan fingerprint density at radius 2 is 2.19 bits per heavy atom. The Kier molecular flexibility index (Phi) is 2.80. The number of ether oxygens (including phenoxy) is 2. The molecule has 108 valence electrons. The number of nitrogens with one attached hydrogen (secondary N) is 1. The molecule has 1 saturated heterocycles. The van der Waals surface area contributed by atoms with E-state index in [2.05, 4.69) is 10.2 Å². The number of fused-ring (bicyclic) bond motifs is 1. The Balaban J connectivity index is 1.51. The molecule has 1 amide bonds. The zero-order valence-corrected chi connectivity index (χ0v) is 11.4. The van der Waals surface area contributed by atoms with Gasteiger partial charge in [-0.1, -0.05) is 0 Å². The van der Waals surface area contributed by atoms with Crippen molar-refractivity contribution in [2.24, 2.45) is 0 Å². The maximum atomic E-state index is 12.6. The van der Waals surface area contributed by atoms with Crippen molar-refractivity contribution in [3.63, 3.8) is 0 Å². The maximum absolute atomic E-state index is 12.6. The van der Waals surface area contributed by atoms with Gasteiger partial charge in [0.1, 0.15) is 0 Å². The summed E-state index contributed by atoms with van der Waals surface area (Å²) in [4.78, 5) is 14.4. The summed E-state index contributed by atoms with van der Waals surface area (Å²) >= 11 is 0. The molecule has 0 aliphatic carbocycles. The summed E-state index contributed by atoms with van der Waals surface area (Å²) in [5, 5.41) is 6.96. The van der Waals surface area contributed by atoms with Gasteiger partial charge in [-0.15, -0.1) is 0 Å². The Morgan fingerprint density at radius 1 is 1.29 bits per heavy atom. The minimum Gasteiger partial charge on any atom is -0.454 e. The number of hydrogen-bond acceptors (Lipinski definition) is 4. The molecule has 0 bridgehead atoms. The van der Waals surface area contributed by atoms with E-state index >= 15 is 0 Å². The number of aromatic amines is 1. The Bertz CT molecular complexity index is 669. The van der Waals surface area contributed by atoms with Gasteiger partial charge in [-0.2, -0.15) is 5.10 Å². The van der Waals surface area contributed by atoms with Crippen LogP contribution in [0.5, 0.6) is 11.5 Å². The van der Waals surface area contributed by atoms with E-state index in [0.29, 0.717) is 23.0 Å². The molecule has 0 radical (unpaired) electrons. The lowest BCUT2D eigenvalue weighted by Crippen LogP contribution is -2.28. The number of amides is 1. The average Bonchev–Trinajstić information content (AvgIpc) is 3.24. The average molecular weight is 285 g/mol. The van der Waals surface area contributed by atoms with Crippen molar-refractivity contribution in [1.82, 2.24) is 15.1 Å². The van der Waals surface area contributed by atoms with Crippen LogP contribution in [0.1, 0.15) is 28.4 Å². The number of likely N-dealkylation sites (tertiary alicyclic amines) is 1. The van der Waals surface area contributed by atoms with Gasteiger partial charge in [-0.25, -0.2) is 0 Å². The summed E-state index contributed by atoms with van der Waals surface area (Å²) in [6, 6.07) is 7.31. The molecule has 2 aliphatic heterocycles. The van der Waals surface area contributed by atoms with Crippen molar-refractivity contribution < 1.29 is 14.3 Å². The lowest BCUT2D eigenvalue weighted by atomic mass is 10.1. The fraction of sp³-hybridized carbons (Fsp3) is 0.333. The van der Waals surface area contributed by atoms with E-state index in [0.717, 1.165) is 25.2 Å². The fourth-order valence-electron chi connectivity index (χ4n) is 2.90. The Hall–Kier alpha value is -2.50. The van der Waals surface area contributed by atoms with Crippen LogP contribution < -0.4 is 9.47 Å². The summed E-state index contributed by atoms with van der Waals surface area (Å²) in [6.07, 6.45) is 2.70. The number of carbonyl (C=O) groups is 1. The number of benzene rings is 1. The molecular weight excluding hydrogens is 270 g/mol. The van der Waals surface area contributed by atoms with Gasteiger partial charge in [0.15, 0.2) is 11.5 Å². The molecule has 1 aromatic heterocycles. The molecule has 21 heavy (non-hydrogen) atoms. The molecule has 1 aromatic carbocycles. The Labute approximate surface area is 121 Å². The highest BCUT2D eigenvalue weighted by molar-refractivity contribution is 5.95. The molecule has 2 aromatic rings. The summed E-state index contributed by atoms with van der Waals surface area (Å²) in [5.41, 5.74) is 1.74. The van der Waals surface area contributed by atoms with Gasteiger partial charge in [0.25, 0.3) is 5.91 Å². The van der Waals surface area contributed by atoms with Crippen LogP contribution in [0, 0.1) is 0 Å². The lowest BCUT2D eigenvalue weighted by molar-refractivity contribution is 0.0790. The summed E-state index contributed by atoms with van der Waals surface area (Å²) in [6.45, 7) is 1.70. The second-order valence-electron chi connectivity index (χ2n) is 5.32. The number of H-pyrrole nitrogens is 1. The minimum absolute atomic E-state index is 0.0373. The van der Waals surface area contributed by atoms with Crippen LogP contribution >= 0.6 is 0 Å². The quantitative estimate of drug-likeness (QED) is 0.913. The molecule has 3 heterocycles. The van der Waals surface area contributed by atoms with Crippen molar-refractivity contribution in [2.45, 2.75) is 12.3 Å². The molecule has 0 spiro atoms. The largest absolute Gasteiger partial charge is 0.454 e. The third-order valence-corrected chi connectivity index (χ3v) is 4.06. The van der Waals surface area contributed by atoms with Crippen LogP contribution in [0.25, 0.3) is 0 Å². The molecule has 4 rings (SSSR count). The van der Waals surface area contributed by atoms with Gasteiger partial charge in [0.05, 0.1) is 0 Å². The third-order valence-electron chi connectivity index (χ3n) is 4.06. The van der Waals surface area contributed by atoms with Crippen molar-refractivity contribution >= 4 is 5.91 Å². The van der Waals surface area contributed by atoms with Crippen molar-refractivity contribution in [2.75, 3.05) is 19.9 Å². The number of aromatic nitrogens is 2. The summed E-state index contributed by atoms with van der Waals surface area (Å²) in [7, 11) is 0. The van der Waals surface area contributed by atoms with Gasteiger partial charge in [0, 0.05) is 36.5 Å². The first-order chi connectivity index (χ1) is 10.3. The molecule has 1 fully saturated rings. The number of carbonyl (C=O) groups excluding carboxylic acids is 1. The molecular formula is C15H15N3O3. The van der Waals surface area contributed by atoms with Crippen LogP contribution in [0.4, 0.5) is 0 Å². The molecule has 1 N–H and O–H groups in total. The molecule has 6 heteroatoms. The summed E-state index contributed by atoms with van der Waals surface area (Å²) < 4.78 is 10.6. The van der Waals surface area contributed by atoms with Crippen molar-refractivity contribution in [3.05, 3.63) is 41.7 Å². The van der Waals surface area contributed by atoms with E-state index in [1.807, 2.05) is 11.0 Å². The lowest BCUT2D eigenvalue weighted by Gasteiger charge is -2.16. The predicted molar refractivity (Wildman–Crippen MR) is 74.4 cm³/mol. The van der Waals surface area contributed by atoms with Gasteiger partial charge >= 0.3 is 0 Å². The highest BCUT2D eigenvalue weighted by atomic mass is 16.7. The van der Waals surface area contributed by atoms with Crippen molar-refractivity contribution in [1.29, 1.82) is 0 Å². The zero-order valence-electron chi connectivity index (χ0n) is 11.4. The highest BCUT2D eigenvalue weighted by Crippen LogP contribution is 2.33. The van der Waals surface area contributed by atoms with E-state index in [1.54, 1.807) is 24.4 Å². The first-order valence-corrected chi connectivity index (χ1v) is 6.99. The van der Waals surface area contributed by atoms with Crippen LogP contribution in [0.3, 0.4) is 0 Å². The smallest absolute Gasteiger partial charge is 0.254 e. The van der Waals surface area contributed by atoms with E-state index in [-0.39, 0.29) is 12.7 Å². The molecule has 1 atom stereocenters. The molecule has 2 aliphatic rings. The van der Waals surface area contributed by atoms with Gasteiger partial charge in [0.2, 0.25) is 6.79 Å². The summed E-state index contributed by atoms with van der Waals surface area (Å²) in [5.74, 6) is 1.72. The number of hydrogen-bond donors (Lipinski definition) is 1. The second kappa shape index (κ2) is 4.80. The first kappa shape index (κ1) is 12.3. The molecule has 6 nitrogen and oxygen atoms in total. The van der Waals surface area contributed by atoms with Crippen molar-refractivity contribution in [3.8, 4) is 11.5 Å². The highest BCUT2D eigenvalue weighted by Gasteiger charge is 2.29. The SMILES string of the molecule is O=C(c1ccc2c(c1)OCO2)N1CCC(c2ccn[nH]2)C1. The van der Waals surface area contributed by atoms with Crippen LogP contribution in [0.15, 0.2) is 30.5 Å². The van der Waals surface area contributed by atoms with E-state index in [4.69, 9.17) is 9.47 Å². The standard InChI is InChI=1S/C15H15N3O3/c19-15(10-1-2-13-14(7-10)21-9-20-13)18-6-4-11(8-18)12-3-5-16-17-12/h1-3,5,7,11H,4,6,8-9H2,(H,16,17). The minimum atomic E-state index is 0.0373. The first-order valence-electron chi connectivity index (χ1n) is 6.99. The topological polar surface area (TPSA) is 67.5 Å². The third kappa shape index (κ3) is 2.12. The maximum Gasteiger partial charge on any atom is 0.254 e. The van der Waals surface area contributed by atoms with Gasteiger partial charge in [-0.3, -0.25) is 9.89 Å². The van der Waals surface area contributed by atoms with Crippen LogP contribution in [-0.2, 0) is 0 Å². The Morgan fingerprint density at radius 3 is 3.05 bits per heavy atom. The fourth-order valence-corrected chi connectivity index (χ4v) is 2.90. The molecule has 0 saturated carbocycles. The van der Waals surface area contributed by atoms with Gasteiger partial charge < -0.3 is 14.4 Å².